The third-order valence-corrected chi connectivity index (χ3v) is 9.45. The van der Waals surface area contributed by atoms with Gasteiger partial charge in [0.05, 0.1) is 10.6 Å². The molecule has 10 heteroatoms. The molecule has 9 nitrogen and oxygen atoms in total. The molecule has 2 saturated carbocycles. The van der Waals surface area contributed by atoms with E-state index in [1.165, 1.54) is 11.3 Å². The molecule has 0 radical (unpaired) electrons. The van der Waals surface area contributed by atoms with Crippen LogP contribution in [0.2, 0.25) is 0 Å². The Bertz CT molecular complexity index is 1210. The molecule has 35 heavy (non-hydrogen) atoms. The number of nitrogens with zero attached hydrogens (tertiary/aromatic N) is 3. The molecule has 3 aliphatic rings. The number of hydrogen-bond donors (Lipinski definition) is 3. The number of nitro benzene ring substituents is 1. The molecule has 5 atom stereocenters. The lowest BCUT2D eigenvalue weighted by Crippen LogP contribution is -2.44. The molecule has 5 rings (SSSR count). The monoisotopic (exact) mass is 498 g/mol. The van der Waals surface area contributed by atoms with Crippen molar-refractivity contribution in [1.82, 2.24) is 4.98 Å². The molecular formula is C25H30N4O5S. The zero-order valence-electron chi connectivity index (χ0n) is 19.9. The summed E-state index contributed by atoms with van der Waals surface area (Å²) in [5.41, 5.74) is 2.28. The van der Waals surface area contributed by atoms with Crippen LogP contribution in [0.25, 0.3) is 0 Å². The minimum absolute atomic E-state index is 0.0668. The summed E-state index contributed by atoms with van der Waals surface area (Å²) in [5.74, 6) is 0.507. The predicted molar refractivity (Wildman–Crippen MR) is 132 cm³/mol. The fourth-order valence-corrected chi connectivity index (χ4v) is 7.84. The Kier molecular flexibility index (Phi) is 6.03. The molecule has 3 unspecified atom stereocenters. The van der Waals surface area contributed by atoms with Crippen molar-refractivity contribution in [2.24, 2.45) is 28.3 Å². The molecule has 1 aromatic heterocycles. The lowest BCUT2D eigenvalue weighted by molar-refractivity contribution is -0.386. The van der Waals surface area contributed by atoms with Gasteiger partial charge in [0.2, 0.25) is 5.91 Å². The number of nitrogens with one attached hydrogen (secondary N) is 1. The SMILES string of the molecule is Cc1cnc(NC(=O)CC[C@@H]2C/C(=N\O)[C@@]3(C)CCC4c5cc([N+](=O)[O-])c(O)cc5CCC4C23)s1. The normalized spacial score (nSPS) is 30.4. The number of anilines is 1. The highest BCUT2D eigenvalue weighted by Crippen LogP contribution is 2.62. The first-order valence-electron chi connectivity index (χ1n) is 12.1. The zero-order chi connectivity index (χ0) is 24.9. The van der Waals surface area contributed by atoms with E-state index < -0.39 is 4.92 Å². The number of aryl methyl sites for hydroxylation is 2. The van der Waals surface area contributed by atoms with Crippen LogP contribution in [0.1, 0.15) is 67.4 Å². The van der Waals surface area contributed by atoms with Crippen molar-refractivity contribution in [3.8, 4) is 5.75 Å². The Morgan fingerprint density at radius 3 is 2.89 bits per heavy atom. The van der Waals surface area contributed by atoms with Crippen molar-refractivity contribution in [3.63, 3.8) is 0 Å². The first-order chi connectivity index (χ1) is 16.7. The first-order valence-corrected chi connectivity index (χ1v) is 13.0. The molecule has 0 aliphatic heterocycles. The molecule has 3 aliphatic carbocycles. The van der Waals surface area contributed by atoms with Crippen molar-refractivity contribution in [3.05, 3.63) is 44.4 Å². The molecule has 1 heterocycles. The lowest BCUT2D eigenvalue weighted by Gasteiger charge is -2.50. The van der Waals surface area contributed by atoms with E-state index in [0.717, 1.165) is 47.4 Å². The summed E-state index contributed by atoms with van der Waals surface area (Å²) >= 11 is 1.45. The number of carbonyl (C=O) groups is 1. The van der Waals surface area contributed by atoms with Gasteiger partial charge in [0, 0.05) is 29.0 Å². The Hall–Kier alpha value is -3.01. The van der Waals surface area contributed by atoms with Crippen LogP contribution in [0.3, 0.4) is 0 Å². The van der Waals surface area contributed by atoms with Gasteiger partial charge in [-0.2, -0.15) is 0 Å². The van der Waals surface area contributed by atoms with Crippen molar-refractivity contribution in [2.75, 3.05) is 5.32 Å². The van der Waals surface area contributed by atoms with E-state index in [4.69, 9.17) is 0 Å². The van der Waals surface area contributed by atoms with Gasteiger partial charge in [-0.15, -0.1) is 11.3 Å². The Labute approximate surface area is 207 Å². The van der Waals surface area contributed by atoms with E-state index in [0.29, 0.717) is 24.4 Å². The predicted octanol–water partition coefficient (Wildman–Crippen LogP) is 5.40. The van der Waals surface area contributed by atoms with Crippen LogP contribution < -0.4 is 5.32 Å². The molecule has 1 aromatic carbocycles. The van der Waals surface area contributed by atoms with E-state index in [1.807, 2.05) is 6.92 Å². The van der Waals surface area contributed by atoms with Crippen molar-refractivity contribution < 1.29 is 20.0 Å². The quantitative estimate of drug-likeness (QED) is 0.287. The molecule has 0 saturated heterocycles. The fourth-order valence-electron chi connectivity index (χ4n) is 7.15. The first kappa shape index (κ1) is 23.7. The summed E-state index contributed by atoms with van der Waals surface area (Å²) in [6.45, 7) is 4.12. The van der Waals surface area contributed by atoms with Crippen LogP contribution in [0.15, 0.2) is 23.5 Å². The summed E-state index contributed by atoms with van der Waals surface area (Å²) in [5, 5.41) is 38.7. The average molecular weight is 499 g/mol. The Morgan fingerprint density at radius 1 is 1.40 bits per heavy atom. The molecule has 186 valence electrons. The number of aromatic hydroxyl groups is 1. The second-order valence-corrected chi connectivity index (χ2v) is 11.7. The van der Waals surface area contributed by atoms with Gasteiger partial charge < -0.3 is 15.6 Å². The maximum absolute atomic E-state index is 12.6. The van der Waals surface area contributed by atoms with Gasteiger partial charge in [-0.1, -0.05) is 12.1 Å². The molecule has 0 spiro atoms. The number of hydrogen-bond acceptors (Lipinski definition) is 8. The van der Waals surface area contributed by atoms with Gasteiger partial charge in [0.15, 0.2) is 10.9 Å². The summed E-state index contributed by atoms with van der Waals surface area (Å²) in [6.07, 6.45) is 6.78. The summed E-state index contributed by atoms with van der Waals surface area (Å²) < 4.78 is 0. The van der Waals surface area contributed by atoms with Gasteiger partial charge >= 0.3 is 5.69 Å². The van der Waals surface area contributed by atoms with Crippen molar-refractivity contribution >= 4 is 33.8 Å². The summed E-state index contributed by atoms with van der Waals surface area (Å²) in [6, 6.07) is 3.13. The van der Waals surface area contributed by atoms with Crippen molar-refractivity contribution in [2.45, 2.75) is 64.7 Å². The Morgan fingerprint density at radius 2 is 2.20 bits per heavy atom. The van der Waals surface area contributed by atoms with Gasteiger partial charge in [-0.3, -0.25) is 14.9 Å². The number of rotatable bonds is 5. The highest BCUT2D eigenvalue weighted by Gasteiger charge is 2.57. The highest BCUT2D eigenvalue weighted by molar-refractivity contribution is 7.15. The molecule has 2 aromatic rings. The number of carbonyl (C=O) groups excluding carboxylic acids is 1. The van der Waals surface area contributed by atoms with Gasteiger partial charge in [0.1, 0.15) is 0 Å². The largest absolute Gasteiger partial charge is 0.502 e. The third-order valence-electron chi connectivity index (χ3n) is 8.62. The Balaban J connectivity index is 1.39. The summed E-state index contributed by atoms with van der Waals surface area (Å²) in [7, 11) is 0. The average Bonchev–Trinajstić information content (AvgIpc) is 3.36. The van der Waals surface area contributed by atoms with Crippen LogP contribution in [0, 0.1) is 40.2 Å². The van der Waals surface area contributed by atoms with E-state index in [2.05, 4.69) is 22.4 Å². The topological polar surface area (TPSA) is 138 Å². The van der Waals surface area contributed by atoms with E-state index in [9.17, 15) is 25.2 Å². The highest BCUT2D eigenvalue weighted by atomic mass is 32.1. The maximum atomic E-state index is 12.6. The van der Waals surface area contributed by atoms with Crippen LogP contribution in [-0.4, -0.2) is 31.8 Å². The number of phenols is 1. The van der Waals surface area contributed by atoms with Gasteiger partial charge in [0.25, 0.3) is 0 Å². The standard InChI is InChI=1S/C25H30N4O5S/c1-13-12-26-24(35-13)27-22(31)6-4-15-10-21(28-32)25(2)8-7-16-17(23(15)25)5-3-14-9-20(30)19(29(33)34)11-18(14)16/h9,11-12,15-17,23,30,32H,3-8,10H2,1-2H3,(H,26,27,31)/b28-21+/t15-,16?,17?,23?,25-/m1/s1. The lowest BCUT2D eigenvalue weighted by atomic mass is 9.54. The van der Waals surface area contributed by atoms with Crippen LogP contribution in [-0.2, 0) is 11.2 Å². The second-order valence-electron chi connectivity index (χ2n) is 10.5. The summed E-state index contributed by atoms with van der Waals surface area (Å²) in [4.78, 5) is 28.8. The number of phenolic OH excluding ortho intramolecular Hbond substituents is 1. The van der Waals surface area contributed by atoms with Gasteiger partial charge in [-0.25, -0.2) is 4.98 Å². The minimum atomic E-state index is -0.524. The van der Waals surface area contributed by atoms with E-state index in [-0.39, 0.29) is 46.4 Å². The zero-order valence-corrected chi connectivity index (χ0v) is 20.7. The second kappa shape index (κ2) is 8.89. The smallest absolute Gasteiger partial charge is 0.310 e. The molecule has 1 amide bonds. The number of benzene rings is 1. The number of fused-ring (bicyclic) bond motifs is 5. The number of amides is 1. The number of aromatic nitrogens is 1. The minimum Gasteiger partial charge on any atom is -0.502 e. The number of thiazole rings is 1. The molecule has 2 fully saturated rings. The van der Waals surface area contributed by atoms with E-state index in [1.54, 1.807) is 18.3 Å². The van der Waals surface area contributed by atoms with Crippen molar-refractivity contribution in [1.29, 1.82) is 0 Å². The molecule has 3 N–H and O–H groups in total. The maximum Gasteiger partial charge on any atom is 0.310 e. The third kappa shape index (κ3) is 4.07. The van der Waals surface area contributed by atoms with Gasteiger partial charge in [-0.05, 0) is 86.3 Å². The van der Waals surface area contributed by atoms with Crippen LogP contribution in [0.4, 0.5) is 10.8 Å². The number of nitro groups is 1. The van der Waals surface area contributed by atoms with Crippen LogP contribution in [0.5, 0.6) is 5.75 Å². The van der Waals surface area contributed by atoms with Crippen LogP contribution >= 0.6 is 11.3 Å². The fraction of sp³-hybridized carbons (Fsp3) is 0.560. The number of oxime groups is 1. The molecular weight excluding hydrogens is 468 g/mol. The van der Waals surface area contributed by atoms with E-state index >= 15 is 0 Å². The molecule has 0 bridgehead atoms.